The van der Waals surface area contributed by atoms with Gasteiger partial charge in [-0.2, -0.15) is 0 Å². The van der Waals surface area contributed by atoms with Crippen LogP contribution in [0.25, 0.3) is 0 Å². The molecule has 0 aliphatic heterocycles. The van der Waals surface area contributed by atoms with Gasteiger partial charge in [0, 0.05) is 11.3 Å². The van der Waals surface area contributed by atoms with E-state index in [-0.39, 0.29) is 18.3 Å². The summed E-state index contributed by atoms with van der Waals surface area (Å²) in [5, 5.41) is 2.66. The first-order valence-electron chi connectivity index (χ1n) is 9.04. The molecule has 0 heterocycles. The van der Waals surface area contributed by atoms with Crippen molar-refractivity contribution in [2.45, 2.75) is 33.1 Å². The molecule has 0 saturated carbocycles. The van der Waals surface area contributed by atoms with Gasteiger partial charge in [-0.1, -0.05) is 50.6 Å². The first kappa shape index (κ1) is 20.4. The molecule has 5 nitrogen and oxygen atoms in total. The summed E-state index contributed by atoms with van der Waals surface area (Å²) in [6.45, 7) is 5.14. The number of ether oxygens (including phenoxy) is 1. The summed E-state index contributed by atoms with van der Waals surface area (Å²) in [4.78, 5) is 35.9. The van der Waals surface area contributed by atoms with E-state index in [0.29, 0.717) is 11.3 Å². The molecular weight excluding hydrogens is 342 g/mol. The monoisotopic (exact) mass is 367 g/mol. The van der Waals surface area contributed by atoms with E-state index >= 15 is 0 Å². The molecule has 1 amide bonds. The van der Waals surface area contributed by atoms with E-state index in [1.54, 1.807) is 24.3 Å². The topological polar surface area (TPSA) is 72.5 Å². The number of benzene rings is 2. The number of hydrogen-bond acceptors (Lipinski definition) is 4. The highest BCUT2D eigenvalue weighted by atomic mass is 16.5. The van der Waals surface area contributed by atoms with Crippen molar-refractivity contribution in [3.8, 4) is 0 Å². The van der Waals surface area contributed by atoms with Crippen molar-refractivity contribution >= 4 is 23.3 Å². The van der Waals surface area contributed by atoms with Crippen molar-refractivity contribution in [1.29, 1.82) is 0 Å². The highest BCUT2D eigenvalue weighted by Gasteiger charge is 2.27. The molecule has 0 saturated heterocycles. The van der Waals surface area contributed by atoms with E-state index in [1.165, 1.54) is 6.92 Å². The Balaban J connectivity index is 1.95. The van der Waals surface area contributed by atoms with Crippen LogP contribution in [0.5, 0.6) is 0 Å². The molecule has 2 rings (SSSR count). The molecule has 27 heavy (non-hydrogen) atoms. The minimum atomic E-state index is -0.421. The summed E-state index contributed by atoms with van der Waals surface area (Å²) in [5.41, 5.74) is 2.00. The molecule has 1 N–H and O–H groups in total. The second kappa shape index (κ2) is 9.67. The zero-order valence-electron chi connectivity index (χ0n) is 15.9. The van der Waals surface area contributed by atoms with Crippen molar-refractivity contribution in [1.82, 2.24) is 0 Å². The van der Waals surface area contributed by atoms with Crippen molar-refractivity contribution < 1.29 is 19.1 Å². The molecule has 0 aliphatic carbocycles. The van der Waals surface area contributed by atoms with Gasteiger partial charge in [-0.15, -0.1) is 0 Å². The van der Waals surface area contributed by atoms with Gasteiger partial charge in [-0.3, -0.25) is 14.4 Å². The average molecular weight is 367 g/mol. The molecule has 142 valence electrons. The average Bonchev–Trinajstić information content (AvgIpc) is 2.67. The number of hydrogen-bond donors (Lipinski definition) is 1. The summed E-state index contributed by atoms with van der Waals surface area (Å²) in [6, 6.07) is 16.0. The summed E-state index contributed by atoms with van der Waals surface area (Å²) >= 11 is 0. The smallest absolute Gasteiger partial charge is 0.314 e. The third-order valence-electron chi connectivity index (χ3n) is 4.55. The fourth-order valence-electron chi connectivity index (χ4n) is 2.80. The molecule has 0 aromatic heterocycles. The largest absolute Gasteiger partial charge is 0.455 e. The SMILES string of the molecule is CC[C@@H](C)[C@@H](C(=O)OCC(=O)Nc1ccc(C(C)=O)cc1)c1ccccc1. The molecule has 0 unspecified atom stereocenters. The van der Waals surface area contributed by atoms with Crippen molar-refractivity contribution in [3.63, 3.8) is 0 Å². The lowest BCUT2D eigenvalue weighted by molar-refractivity contribution is -0.150. The van der Waals surface area contributed by atoms with Gasteiger partial charge in [0.1, 0.15) is 0 Å². The maximum absolute atomic E-state index is 12.6. The summed E-state index contributed by atoms with van der Waals surface area (Å²) in [7, 11) is 0. The van der Waals surface area contributed by atoms with E-state index in [4.69, 9.17) is 4.74 Å². The van der Waals surface area contributed by atoms with Crippen LogP contribution in [0.3, 0.4) is 0 Å². The number of carbonyl (C=O) groups is 3. The predicted molar refractivity (Wildman–Crippen MR) is 105 cm³/mol. The lowest BCUT2D eigenvalue weighted by Gasteiger charge is -2.21. The van der Waals surface area contributed by atoms with E-state index in [1.807, 2.05) is 44.2 Å². The molecule has 0 fully saturated rings. The quantitative estimate of drug-likeness (QED) is 0.561. The summed E-state index contributed by atoms with van der Waals surface area (Å²) in [5.74, 6) is -1.17. The zero-order chi connectivity index (χ0) is 19.8. The van der Waals surface area contributed by atoms with Crippen LogP contribution < -0.4 is 5.32 Å². The third kappa shape index (κ3) is 5.78. The Kier molecular flexibility index (Phi) is 7.29. The first-order chi connectivity index (χ1) is 12.9. The predicted octanol–water partition coefficient (Wildman–Crippen LogP) is 4.20. The highest BCUT2D eigenvalue weighted by molar-refractivity contribution is 5.96. The van der Waals surface area contributed by atoms with Crippen molar-refractivity contribution in [2.24, 2.45) is 5.92 Å². The number of carbonyl (C=O) groups excluding carboxylic acids is 3. The molecule has 0 aliphatic rings. The second-order valence-corrected chi connectivity index (χ2v) is 6.56. The standard InChI is InChI=1S/C22H25NO4/c1-4-15(2)21(18-8-6-5-7-9-18)22(26)27-14-20(25)23-19-12-10-17(11-13-19)16(3)24/h5-13,15,21H,4,14H2,1-3H3,(H,23,25)/t15-,21-/m1/s1. The number of Topliss-reactive ketones (excluding diaryl/α,β-unsaturated/α-hetero) is 1. The van der Waals surface area contributed by atoms with Gasteiger partial charge in [0.15, 0.2) is 12.4 Å². The van der Waals surface area contributed by atoms with Crippen LogP contribution in [-0.2, 0) is 14.3 Å². The Morgan fingerprint density at radius 3 is 2.19 bits per heavy atom. The summed E-state index contributed by atoms with van der Waals surface area (Å²) < 4.78 is 5.27. The van der Waals surface area contributed by atoms with Crippen LogP contribution in [0.1, 0.15) is 49.0 Å². The maximum Gasteiger partial charge on any atom is 0.314 e. The van der Waals surface area contributed by atoms with Gasteiger partial charge in [0.2, 0.25) is 0 Å². The Morgan fingerprint density at radius 2 is 1.63 bits per heavy atom. The molecule has 2 aromatic rings. The Bertz CT molecular complexity index is 784. The van der Waals surface area contributed by atoms with Crippen LogP contribution in [-0.4, -0.2) is 24.3 Å². The van der Waals surface area contributed by atoms with Crippen LogP contribution in [0.4, 0.5) is 5.69 Å². The molecule has 2 aromatic carbocycles. The molecule has 0 radical (unpaired) electrons. The Hall–Kier alpha value is -2.95. The number of esters is 1. The Morgan fingerprint density at radius 1 is 1.00 bits per heavy atom. The Labute approximate surface area is 159 Å². The number of rotatable bonds is 8. The lowest BCUT2D eigenvalue weighted by Crippen LogP contribution is -2.26. The number of amides is 1. The molecule has 5 heteroatoms. The fraction of sp³-hybridized carbons (Fsp3) is 0.318. The van der Waals surface area contributed by atoms with E-state index < -0.39 is 17.8 Å². The van der Waals surface area contributed by atoms with E-state index in [0.717, 1.165) is 12.0 Å². The van der Waals surface area contributed by atoms with Gasteiger partial charge < -0.3 is 10.1 Å². The van der Waals surface area contributed by atoms with Gasteiger partial charge in [-0.25, -0.2) is 0 Å². The van der Waals surface area contributed by atoms with Crippen molar-refractivity contribution in [3.05, 3.63) is 65.7 Å². The first-order valence-corrected chi connectivity index (χ1v) is 9.04. The minimum Gasteiger partial charge on any atom is -0.455 e. The van der Waals surface area contributed by atoms with Gasteiger partial charge >= 0.3 is 5.97 Å². The molecular formula is C22H25NO4. The fourth-order valence-corrected chi connectivity index (χ4v) is 2.80. The number of ketones is 1. The second-order valence-electron chi connectivity index (χ2n) is 6.56. The maximum atomic E-state index is 12.6. The number of anilines is 1. The van der Waals surface area contributed by atoms with E-state index in [2.05, 4.69) is 5.32 Å². The number of nitrogens with one attached hydrogen (secondary N) is 1. The lowest BCUT2D eigenvalue weighted by atomic mass is 9.86. The van der Waals surface area contributed by atoms with Crippen LogP contribution >= 0.6 is 0 Å². The third-order valence-corrected chi connectivity index (χ3v) is 4.55. The van der Waals surface area contributed by atoms with Gasteiger partial charge in [0.25, 0.3) is 5.91 Å². The zero-order valence-corrected chi connectivity index (χ0v) is 15.9. The molecule has 2 atom stereocenters. The minimum absolute atomic E-state index is 0.0428. The highest BCUT2D eigenvalue weighted by Crippen LogP contribution is 2.28. The van der Waals surface area contributed by atoms with E-state index in [9.17, 15) is 14.4 Å². The van der Waals surface area contributed by atoms with Gasteiger partial charge in [0.05, 0.1) is 5.92 Å². The molecule has 0 bridgehead atoms. The normalized spacial score (nSPS) is 12.7. The van der Waals surface area contributed by atoms with Crippen LogP contribution in [0.15, 0.2) is 54.6 Å². The summed E-state index contributed by atoms with van der Waals surface area (Å²) in [6.07, 6.45) is 0.823. The molecule has 0 spiro atoms. The van der Waals surface area contributed by atoms with Crippen LogP contribution in [0.2, 0.25) is 0 Å². The van der Waals surface area contributed by atoms with Crippen LogP contribution in [0, 0.1) is 5.92 Å². The van der Waals surface area contributed by atoms with Crippen molar-refractivity contribution in [2.75, 3.05) is 11.9 Å². The van der Waals surface area contributed by atoms with Gasteiger partial charge in [-0.05, 0) is 42.7 Å².